The van der Waals surface area contributed by atoms with Crippen molar-refractivity contribution in [3.8, 4) is 0 Å². The van der Waals surface area contributed by atoms with Crippen molar-refractivity contribution in [1.29, 1.82) is 0 Å². The molecule has 3 rings (SSSR count). The molecule has 17 heavy (non-hydrogen) atoms. The molecule has 3 fully saturated rings. The lowest BCUT2D eigenvalue weighted by Gasteiger charge is -2.25. The zero-order valence-corrected chi connectivity index (χ0v) is 10.5. The van der Waals surface area contributed by atoms with E-state index in [1.54, 1.807) is 13.8 Å². The molecule has 0 aromatic heterocycles. The lowest BCUT2D eigenvalue weighted by atomic mass is 10.0. The summed E-state index contributed by atoms with van der Waals surface area (Å²) in [5, 5.41) is 16.8. The van der Waals surface area contributed by atoms with Crippen LogP contribution in [0.2, 0.25) is 0 Å². The molecule has 3 aliphatic rings. The molecular formula is C10H16N2O4S. The summed E-state index contributed by atoms with van der Waals surface area (Å²) >= 11 is 4.99. The van der Waals surface area contributed by atoms with Gasteiger partial charge in [-0.15, -0.1) is 0 Å². The Hall–Kier alpha value is -0.470. The smallest absolute Gasteiger partial charge is 0.190 e. The molecule has 3 N–H and O–H groups in total. The summed E-state index contributed by atoms with van der Waals surface area (Å²) in [7, 11) is 0. The molecule has 0 aromatic carbocycles. The van der Waals surface area contributed by atoms with Crippen molar-refractivity contribution in [1.82, 2.24) is 10.6 Å². The monoisotopic (exact) mass is 260 g/mol. The minimum Gasteiger partial charge on any atom is -0.387 e. The first-order valence-corrected chi connectivity index (χ1v) is 6.11. The number of fused-ring (bicyclic) bond motifs is 1. The summed E-state index contributed by atoms with van der Waals surface area (Å²) in [4.78, 5) is 0. The highest BCUT2D eigenvalue weighted by molar-refractivity contribution is 7.80. The third-order valence-electron chi connectivity index (χ3n) is 3.25. The minimum atomic E-state index is -0.707. The average Bonchev–Trinajstić information content (AvgIpc) is 2.83. The van der Waals surface area contributed by atoms with Gasteiger partial charge >= 0.3 is 0 Å². The molecule has 0 aliphatic carbocycles. The Morgan fingerprint density at radius 1 is 1.35 bits per heavy atom. The number of hydrogen-bond donors (Lipinski definition) is 3. The lowest BCUT2D eigenvalue weighted by molar-refractivity contribution is -0.217. The van der Waals surface area contributed by atoms with E-state index in [1.165, 1.54) is 0 Å². The van der Waals surface area contributed by atoms with E-state index in [9.17, 15) is 5.11 Å². The topological polar surface area (TPSA) is 72.0 Å². The largest absolute Gasteiger partial charge is 0.387 e. The van der Waals surface area contributed by atoms with Crippen LogP contribution in [0.15, 0.2) is 0 Å². The minimum absolute atomic E-state index is 0.0431. The summed E-state index contributed by atoms with van der Waals surface area (Å²) in [5.41, 5.74) is 0. The number of thiocarbonyl (C=S) groups is 1. The summed E-state index contributed by atoms with van der Waals surface area (Å²) in [6, 6.07) is -0.0431. The first-order chi connectivity index (χ1) is 7.96. The van der Waals surface area contributed by atoms with Gasteiger partial charge in [0, 0.05) is 6.54 Å². The van der Waals surface area contributed by atoms with Crippen LogP contribution in [-0.4, -0.2) is 53.2 Å². The van der Waals surface area contributed by atoms with E-state index < -0.39 is 24.3 Å². The molecule has 3 heterocycles. The van der Waals surface area contributed by atoms with Gasteiger partial charge in [-0.2, -0.15) is 0 Å². The molecule has 0 radical (unpaired) electrons. The van der Waals surface area contributed by atoms with E-state index in [-0.39, 0.29) is 12.1 Å². The van der Waals surface area contributed by atoms with E-state index >= 15 is 0 Å². The van der Waals surface area contributed by atoms with Crippen LogP contribution in [0.25, 0.3) is 0 Å². The van der Waals surface area contributed by atoms with Crippen molar-refractivity contribution in [3.63, 3.8) is 0 Å². The van der Waals surface area contributed by atoms with Gasteiger partial charge in [0.25, 0.3) is 0 Å². The number of ether oxygens (including phenoxy) is 3. The third kappa shape index (κ3) is 1.92. The highest BCUT2D eigenvalue weighted by Gasteiger charge is 2.56. The molecule has 0 amide bonds. The fourth-order valence-electron chi connectivity index (χ4n) is 2.52. The Balaban J connectivity index is 1.70. The first-order valence-electron chi connectivity index (χ1n) is 5.70. The van der Waals surface area contributed by atoms with Crippen molar-refractivity contribution >= 4 is 17.3 Å². The normalized spacial score (nSPS) is 47.7. The molecule has 0 saturated carbocycles. The molecule has 3 saturated heterocycles. The molecule has 0 spiro atoms. The highest BCUT2D eigenvalue weighted by atomic mass is 32.1. The summed E-state index contributed by atoms with van der Waals surface area (Å²) in [6.45, 7) is 4.26. The molecule has 5 unspecified atom stereocenters. The van der Waals surface area contributed by atoms with E-state index in [2.05, 4.69) is 10.6 Å². The Morgan fingerprint density at radius 2 is 2.12 bits per heavy atom. The van der Waals surface area contributed by atoms with E-state index in [1.807, 2.05) is 0 Å². The van der Waals surface area contributed by atoms with Gasteiger partial charge in [-0.1, -0.05) is 0 Å². The number of hydrogen-bond acceptors (Lipinski definition) is 5. The third-order valence-corrected chi connectivity index (χ3v) is 3.51. The summed E-state index contributed by atoms with van der Waals surface area (Å²) < 4.78 is 16.9. The second-order valence-electron chi connectivity index (χ2n) is 5.02. The number of aliphatic hydroxyl groups excluding tert-OH is 1. The van der Waals surface area contributed by atoms with Gasteiger partial charge in [-0.05, 0) is 26.1 Å². The van der Waals surface area contributed by atoms with Gasteiger partial charge in [-0.25, -0.2) is 0 Å². The van der Waals surface area contributed by atoms with Crippen LogP contribution in [0.5, 0.6) is 0 Å². The maximum atomic E-state index is 10.2. The predicted octanol–water partition coefficient (Wildman–Crippen LogP) is -0.930. The van der Waals surface area contributed by atoms with E-state index in [0.717, 1.165) is 0 Å². The number of nitrogens with one attached hydrogen (secondary N) is 2. The molecule has 7 heteroatoms. The lowest BCUT2D eigenvalue weighted by Crippen LogP contribution is -2.46. The molecule has 3 aliphatic heterocycles. The molecule has 5 atom stereocenters. The first kappa shape index (κ1) is 11.6. The fourth-order valence-corrected chi connectivity index (χ4v) is 2.76. The van der Waals surface area contributed by atoms with Crippen molar-refractivity contribution in [2.75, 3.05) is 6.54 Å². The van der Waals surface area contributed by atoms with Crippen LogP contribution in [-0.2, 0) is 14.2 Å². The Labute approximate surface area is 105 Å². The standard InChI is InChI=1S/C10H16N2O4S/c1-10(2)15-7-5(13)6(14-8(7)16-10)4-3-11-9(17)12-4/h4-8,13H,3H2,1-2H3,(H2,11,12,17). The average molecular weight is 260 g/mol. The van der Waals surface area contributed by atoms with Crippen molar-refractivity contribution < 1.29 is 19.3 Å². The Morgan fingerprint density at radius 3 is 2.71 bits per heavy atom. The molecule has 0 bridgehead atoms. The van der Waals surface area contributed by atoms with Gasteiger partial charge in [0.2, 0.25) is 0 Å². The van der Waals surface area contributed by atoms with Crippen molar-refractivity contribution in [2.24, 2.45) is 0 Å². The van der Waals surface area contributed by atoms with Gasteiger partial charge in [0.1, 0.15) is 18.3 Å². The molecular weight excluding hydrogens is 244 g/mol. The highest BCUT2D eigenvalue weighted by Crippen LogP contribution is 2.38. The van der Waals surface area contributed by atoms with E-state index in [0.29, 0.717) is 11.7 Å². The summed E-state index contributed by atoms with van der Waals surface area (Å²) in [5.74, 6) is -0.696. The molecule has 96 valence electrons. The predicted molar refractivity (Wildman–Crippen MR) is 62.2 cm³/mol. The number of rotatable bonds is 1. The van der Waals surface area contributed by atoms with Gasteiger partial charge < -0.3 is 30.0 Å². The van der Waals surface area contributed by atoms with Crippen LogP contribution in [0.4, 0.5) is 0 Å². The van der Waals surface area contributed by atoms with Crippen molar-refractivity contribution in [3.05, 3.63) is 0 Å². The van der Waals surface area contributed by atoms with Crippen LogP contribution < -0.4 is 10.6 Å². The van der Waals surface area contributed by atoms with Gasteiger partial charge in [-0.3, -0.25) is 0 Å². The Kier molecular flexibility index (Phi) is 2.57. The van der Waals surface area contributed by atoms with Gasteiger partial charge in [0.15, 0.2) is 17.2 Å². The maximum Gasteiger partial charge on any atom is 0.190 e. The van der Waals surface area contributed by atoms with Crippen molar-refractivity contribution in [2.45, 2.75) is 50.3 Å². The molecule has 0 aromatic rings. The quantitative estimate of drug-likeness (QED) is 0.526. The Bertz CT molecular complexity index is 351. The fraction of sp³-hybridized carbons (Fsp3) is 0.900. The van der Waals surface area contributed by atoms with Crippen LogP contribution >= 0.6 is 12.2 Å². The zero-order chi connectivity index (χ0) is 12.2. The maximum absolute atomic E-state index is 10.2. The SMILES string of the molecule is CC1(C)OC2OC(C3CNC(=S)N3)C(O)C2O1. The molecule has 6 nitrogen and oxygen atoms in total. The van der Waals surface area contributed by atoms with Crippen LogP contribution in [0.1, 0.15) is 13.8 Å². The van der Waals surface area contributed by atoms with Gasteiger partial charge in [0.05, 0.1) is 6.04 Å². The zero-order valence-electron chi connectivity index (χ0n) is 9.67. The van der Waals surface area contributed by atoms with Crippen LogP contribution in [0, 0.1) is 0 Å². The second kappa shape index (κ2) is 3.76. The van der Waals surface area contributed by atoms with E-state index in [4.69, 9.17) is 26.4 Å². The summed E-state index contributed by atoms with van der Waals surface area (Å²) in [6.07, 6.45) is -2.00. The van der Waals surface area contributed by atoms with Crippen LogP contribution in [0.3, 0.4) is 0 Å². The number of aliphatic hydroxyl groups is 1. The second-order valence-corrected chi connectivity index (χ2v) is 5.43.